The molecule has 0 saturated heterocycles. The molecule has 27 heavy (non-hydrogen) atoms. The highest BCUT2D eigenvalue weighted by atomic mass is 16.5. The average molecular weight is 368 g/mol. The number of amides is 1. The van der Waals surface area contributed by atoms with Gasteiger partial charge in [0.2, 0.25) is 5.91 Å². The molecule has 0 spiro atoms. The first kappa shape index (κ1) is 17.7. The molecule has 1 aliphatic rings. The molecular weight excluding hydrogens is 344 g/mol. The Balaban J connectivity index is 1.49. The molecule has 0 radical (unpaired) electrons. The fraction of sp³-hybridized carbons (Fsp3) is 0.421. The molecule has 3 N–H and O–H groups in total. The topological polar surface area (TPSA) is 102 Å². The van der Waals surface area contributed by atoms with Crippen LogP contribution in [0.2, 0.25) is 0 Å². The van der Waals surface area contributed by atoms with Crippen molar-refractivity contribution in [2.45, 2.75) is 38.6 Å². The minimum Gasteiger partial charge on any atom is -0.377 e. The molecule has 8 heteroatoms. The second-order valence-electron chi connectivity index (χ2n) is 7.07. The van der Waals surface area contributed by atoms with Gasteiger partial charge in [-0.1, -0.05) is 18.2 Å². The second-order valence-corrected chi connectivity index (χ2v) is 7.07. The number of aromatic nitrogens is 4. The average Bonchev–Trinajstić information content (AvgIpc) is 3.26. The molecule has 0 bridgehead atoms. The van der Waals surface area contributed by atoms with E-state index in [1.54, 1.807) is 12.0 Å². The van der Waals surface area contributed by atoms with E-state index in [9.17, 15) is 4.79 Å². The standard InChI is InChI=1S/C19H24N6O2/c1-12-9-24(10-17-22-23-18(11-27-2)25(12)17)19(26)15(20)7-13-8-21-16-6-4-3-5-14(13)16/h3-6,8,12,15,21H,7,9-11,20H2,1-2H3/t12-,15+/m0/s1. The molecule has 0 fully saturated rings. The molecule has 8 nitrogen and oxygen atoms in total. The number of fused-ring (bicyclic) bond motifs is 2. The number of hydrogen-bond acceptors (Lipinski definition) is 5. The fourth-order valence-electron chi connectivity index (χ4n) is 3.87. The van der Waals surface area contributed by atoms with Crippen molar-refractivity contribution in [1.82, 2.24) is 24.6 Å². The minimum atomic E-state index is -0.593. The van der Waals surface area contributed by atoms with Gasteiger partial charge in [0.1, 0.15) is 6.61 Å². The number of benzene rings is 1. The van der Waals surface area contributed by atoms with Crippen LogP contribution in [0.3, 0.4) is 0 Å². The number of nitrogens with one attached hydrogen (secondary N) is 1. The van der Waals surface area contributed by atoms with Gasteiger partial charge in [-0.15, -0.1) is 10.2 Å². The largest absolute Gasteiger partial charge is 0.377 e. The van der Waals surface area contributed by atoms with Crippen molar-refractivity contribution in [3.8, 4) is 0 Å². The molecule has 2 aromatic heterocycles. The summed E-state index contributed by atoms with van der Waals surface area (Å²) in [6.45, 7) is 3.46. The Morgan fingerprint density at radius 1 is 1.41 bits per heavy atom. The summed E-state index contributed by atoms with van der Waals surface area (Å²) in [7, 11) is 1.63. The first-order chi connectivity index (χ1) is 13.1. The Kier molecular flexibility index (Phi) is 4.67. The van der Waals surface area contributed by atoms with E-state index in [1.807, 2.05) is 30.5 Å². The maximum Gasteiger partial charge on any atom is 0.240 e. The monoisotopic (exact) mass is 368 g/mol. The lowest BCUT2D eigenvalue weighted by atomic mass is 10.0. The Labute approximate surface area is 157 Å². The number of carbonyl (C=O) groups excluding carboxylic acids is 1. The predicted molar refractivity (Wildman–Crippen MR) is 101 cm³/mol. The number of H-pyrrole nitrogens is 1. The van der Waals surface area contributed by atoms with Crippen molar-refractivity contribution in [3.63, 3.8) is 0 Å². The zero-order valence-electron chi connectivity index (χ0n) is 15.6. The molecule has 0 saturated carbocycles. The normalized spacial score (nSPS) is 17.9. The van der Waals surface area contributed by atoms with Crippen LogP contribution in [0.1, 0.15) is 30.2 Å². The third-order valence-corrected chi connectivity index (χ3v) is 5.11. The van der Waals surface area contributed by atoms with E-state index in [-0.39, 0.29) is 11.9 Å². The van der Waals surface area contributed by atoms with E-state index in [0.29, 0.717) is 26.1 Å². The molecule has 2 atom stereocenters. The SMILES string of the molecule is COCc1nnc2n1[C@@H](C)CN(C(=O)[C@H](N)Cc1c[nH]c3ccccc13)C2. The van der Waals surface area contributed by atoms with Crippen LogP contribution in [0.5, 0.6) is 0 Å². The summed E-state index contributed by atoms with van der Waals surface area (Å²) in [4.78, 5) is 18.0. The van der Waals surface area contributed by atoms with Gasteiger partial charge in [0, 0.05) is 30.8 Å². The number of nitrogens with two attached hydrogens (primary N) is 1. The Hall–Kier alpha value is -2.71. The molecule has 0 unspecified atom stereocenters. The quantitative estimate of drug-likeness (QED) is 0.708. The summed E-state index contributed by atoms with van der Waals surface area (Å²) in [5.41, 5.74) is 8.39. The maximum atomic E-state index is 13.0. The summed E-state index contributed by atoms with van der Waals surface area (Å²) in [5, 5.41) is 9.52. The second kappa shape index (κ2) is 7.13. The first-order valence-corrected chi connectivity index (χ1v) is 9.09. The van der Waals surface area contributed by atoms with Crippen molar-refractivity contribution in [2.75, 3.05) is 13.7 Å². The number of aromatic amines is 1. The molecule has 1 amide bonds. The summed E-state index contributed by atoms with van der Waals surface area (Å²) in [6, 6.07) is 7.52. The van der Waals surface area contributed by atoms with Gasteiger partial charge in [-0.05, 0) is 25.0 Å². The summed E-state index contributed by atoms with van der Waals surface area (Å²) in [5.74, 6) is 1.50. The molecule has 0 aliphatic carbocycles. The van der Waals surface area contributed by atoms with Gasteiger partial charge in [0.05, 0.1) is 18.6 Å². The predicted octanol–water partition coefficient (Wildman–Crippen LogP) is 1.38. The highest BCUT2D eigenvalue weighted by Crippen LogP contribution is 2.23. The number of para-hydroxylation sites is 1. The van der Waals surface area contributed by atoms with Crippen LogP contribution in [0, 0.1) is 0 Å². The van der Waals surface area contributed by atoms with Gasteiger partial charge in [0.25, 0.3) is 0 Å². The van der Waals surface area contributed by atoms with E-state index in [4.69, 9.17) is 10.5 Å². The minimum absolute atomic E-state index is 0.0605. The Morgan fingerprint density at radius 3 is 3.04 bits per heavy atom. The lowest BCUT2D eigenvalue weighted by Crippen LogP contribution is -2.48. The molecular formula is C19H24N6O2. The van der Waals surface area contributed by atoms with E-state index >= 15 is 0 Å². The molecule has 142 valence electrons. The number of rotatable bonds is 5. The van der Waals surface area contributed by atoms with Crippen LogP contribution in [-0.2, 0) is 29.1 Å². The molecule has 1 aromatic carbocycles. The Morgan fingerprint density at radius 2 is 2.22 bits per heavy atom. The number of methoxy groups -OCH3 is 1. The highest BCUT2D eigenvalue weighted by molar-refractivity contribution is 5.86. The first-order valence-electron chi connectivity index (χ1n) is 9.09. The zero-order valence-corrected chi connectivity index (χ0v) is 15.6. The maximum absolute atomic E-state index is 13.0. The van der Waals surface area contributed by atoms with Gasteiger partial charge in [-0.2, -0.15) is 0 Å². The summed E-state index contributed by atoms with van der Waals surface area (Å²) >= 11 is 0. The van der Waals surface area contributed by atoms with Crippen LogP contribution in [-0.4, -0.2) is 50.3 Å². The molecule has 1 aliphatic heterocycles. The van der Waals surface area contributed by atoms with Crippen molar-refractivity contribution in [1.29, 1.82) is 0 Å². The van der Waals surface area contributed by atoms with Crippen molar-refractivity contribution in [3.05, 3.63) is 47.7 Å². The molecule has 4 rings (SSSR count). The molecule has 3 aromatic rings. The van der Waals surface area contributed by atoms with Crippen LogP contribution in [0.4, 0.5) is 0 Å². The van der Waals surface area contributed by atoms with Gasteiger partial charge in [-0.3, -0.25) is 4.79 Å². The van der Waals surface area contributed by atoms with Crippen LogP contribution < -0.4 is 5.73 Å². The molecule has 3 heterocycles. The van der Waals surface area contributed by atoms with E-state index in [1.165, 1.54) is 0 Å². The van der Waals surface area contributed by atoms with Crippen LogP contribution >= 0.6 is 0 Å². The van der Waals surface area contributed by atoms with Crippen molar-refractivity contribution in [2.24, 2.45) is 5.73 Å². The number of ether oxygens (including phenoxy) is 1. The fourth-order valence-corrected chi connectivity index (χ4v) is 3.87. The highest BCUT2D eigenvalue weighted by Gasteiger charge is 2.31. The van der Waals surface area contributed by atoms with E-state index in [2.05, 4.69) is 26.7 Å². The van der Waals surface area contributed by atoms with E-state index < -0.39 is 6.04 Å². The summed E-state index contributed by atoms with van der Waals surface area (Å²) in [6.07, 6.45) is 2.43. The zero-order chi connectivity index (χ0) is 19.0. The van der Waals surface area contributed by atoms with Gasteiger partial charge in [0.15, 0.2) is 11.6 Å². The number of hydrogen-bond donors (Lipinski definition) is 2. The van der Waals surface area contributed by atoms with Crippen molar-refractivity contribution >= 4 is 16.8 Å². The van der Waals surface area contributed by atoms with Crippen molar-refractivity contribution < 1.29 is 9.53 Å². The third-order valence-electron chi connectivity index (χ3n) is 5.11. The smallest absolute Gasteiger partial charge is 0.240 e. The number of nitrogens with zero attached hydrogens (tertiary/aromatic N) is 4. The van der Waals surface area contributed by atoms with Crippen LogP contribution in [0.25, 0.3) is 10.9 Å². The third kappa shape index (κ3) is 3.22. The van der Waals surface area contributed by atoms with Gasteiger partial charge < -0.3 is 24.9 Å². The van der Waals surface area contributed by atoms with Crippen LogP contribution in [0.15, 0.2) is 30.5 Å². The lowest BCUT2D eigenvalue weighted by molar-refractivity contribution is -0.134. The lowest BCUT2D eigenvalue weighted by Gasteiger charge is -2.34. The summed E-state index contributed by atoms with van der Waals surface area (Å²) < 4.78 is 7.23. The Bertz CT molecular complexity index is 962. The van der Waals surface area contributed by atoms with E-state index in [0.717, 1.165) is 28.1 Å². The van der Waals surface area contributed by atoms with Gasteiger partial charge in [-0.25, -0.2) is 0 Å². The van der Waals surface area contributed by atoms with Gasteiger partial charge >= 0.3 is 0 Å². The number of carbonyl (C=O) groups is 1.